The zero-order chi connectivity index (χ0) is 28.3. The first-order valence-electron chi connectivity index (χ1n) is 14.2. The zero-order valence-electron chi connectivity index (χ0n) is 23.1. The number of rotatable bonds is 9. The van der Waals surface area contributed by atoms with Crippen LogP contribution >= 0.6 is 0 Å². The number of benzene rings is 1. The van der Waals surface area contributed by atoms with E-state index in [-0.39, 0.29) is 47.3 Å². The molecule has 0 bridgehead atoms. The Kier molecular flexibility index (Phi) is 6.46. The van der Waals surface area contributed by atoms with Crippen molar-refractivity contribution in [2.75, 3.05) is 13.7 Å². The maximum absolute atomic E-state index is 13.9. The van der Waals surface area contributed by atoms with Crippen molar-refractivity contribution in [1.82, 2.24) is 20.5 Å². The minimum atomic E-state index is -1.12. The molecule has 10 nitrogen and oxygen atoms in total. The highest BCUT2D eigenvalue weighted by Crippen LogP contribution is 2.65. The summed E-state index contributed by atoms with van der Waals surface area (Å²) >= 11 is 0. The number of carbonyl (C=O) groups excluding carboxylic acids is 5. The lowest BCUT2D eigenvalue weighted by Gasteiger charge is -2.31. The number of nitrogens with zero attached hydrogens (tertiary/aromatic N) is 1. The Morgan fingerprint density at radius 3 is 2.62 bits per heavy atom. The molecule has 4 aliphatic rings. The van der Waals surface area contributed by atoms with Crippen LogP contribution in [0.2, 0.25) is 0 Å². The molecule has 0 unspecified atom stereocenters. The summed E-state index contributed by atoms with van der Waals surface area (Å²) in [6.45, 7) is 4.59. The van der Waals surface area contributed by atoms with Crippen LogP contribution in [0.15, 0.2) is 24.3 Å². The monoisotopic (exact) mass is 548 g/mol. The van der Waals surface area contributed by atoms with E-state index in [0.29, 0.717) is 30.8 Å². The minimum absolute atomic E-state index is 0.00758. The number of Topliss-reactive ketones (excluding diaryl/α,β-unsaturated/α-hetero) is 2. The molecule has 1 aliphatic heterocycles. The topological polar surface area (TPSA) is 138 Å². The number of hydrogen-bond acceptors (Lipinski definition) is 6. The Morgan fingerprint density at radius 2 is 1.95 bits per heavy atom. The summed E-state index contributed by atoms with van der Waals surface area (Å²) in [5.41, 5.74) is 0.971. The van der Waals surface area contributed by atoms with E-state index in [0.717, 1.165) is 30.2 Å². The molecule has 5 atom stereocenters. The fourth-order valence-electron chi connectivity index (χ4n) is 6.92. The number of nitrogens with one attached hydrogen (secondary N) is 3. The lowest BCUT2D eigenvalue weighted by Crippen LogP contribution is -2.55. The standard InChI is InChI=1S/C30H36N4O6/c1-30(2)18-14-34(29(39)21-13-17-19(32-21)7-5-9-23(17)40-3)25(24(18)30)27(37)33-20(12-15-6-4-8-22(15)35)26(36)28(38)31-16-10-11-16/h5,7,9,13,15-16,18,20,24-25,32H,4,6,8,10-12,14H2,1-3H3,(H,31,38)(H,33,37)/t15-,18-,20-,24-,25-/m0/s1. The predicted molar refractivity (Wildman–Crippen MR) is 146 cm³/mol. The maximum atomic E-state index is 13.9. The number of aromatic amines is 1. The van der Waals surface area contributed by atoms with Crippen LogP contribution in [-0.4, -0.2) is 71.0 Å². The first-order chi connectivity index (χ1) is 19.1. The number of aromatic nitrogens is 1. The Bertz CT molecular complexity index is 1410. The molecule has 4 fully saturated rings. The third kappa shape index (κ3) is 4.57. The van der Waals surface area contributed by atoms with E-state index in [4.69, 9.17) is 4.74 Å². The summed E-state index contributed by atoms with van der Waals surface area (Å²) in [5.74, 6) is -1.81. The fourth-order valence-corrected chi connectivity index (χ4v) is 6.92. The molecule has 0 radical (unpaired) electrons. The van der Waals surface area contributed by atoms with Gasteiger partial charge in [-0.15, -0.1) is 0 Å². The highest BCUT2D eigenvalue weighted by atomic mass is 16.5. The van der Waals surface area contributed by atoms with Crippen molar-refractivity contribution < 1.29 is 28.7 Å². The van der Waals surface area contributed by atoms with Crippen LogP contribution < -0.4 is 15.4 Å². The van der Waals surface area contributed by atoms with Gasteiger partial charge in [-0.2, -0.15) is 0 Å². The van der Waals surface area contributed by atoms with E-state index in [1.54, 1.807) is 18.1 Å². The van der Waals surface area contributed by atoms with E-state index >= 15 is 0 Å². The first-order valence-corrected chi connectivity index (χ1v) is 14.2. The summed E-state index contributed by atoms with van der Waals surface area (Å²) in [6.07, 6.45) is 3.58. The Labute approximate surface area is 232 Å². The van der Waals surface area contributed by atoms with Gasteiger partial charge in [0.25, 0.3) is 11.8 Å². The minimum Gasteiger partial charge on any atom is -0.496 e. The number of amides is 3. The number of ether oxygens (including phenoxy) is 1. The van der Waals surface area contributed by atoms with Crippen molar-refractivity contribution in [3.05, 3.63) is 30.0 Å². The van der Waals surface area contributed by atoms with E-state index in [1.807, 2.05) is 18.2 Å². The third-order valence-electron chi connectivity index (χ3n) is 9.53. The molecule has 3 aliphatic carbocycles. The van der Waals surface area contributed by atoms with Gasteiger partial charge in [-0.05, 0) is 67.6 Å². The molecule has 2 aromatic rings. The summed E-state index contributed by atoms with van der Waals surface area (Å²) in [4.78, 5) is 70.8. The summed E-state index contributed by atoms with van der Waals surface area (Å²) in [6, 6.07) is 5.33. The number of H-pyrrole nitrogens is 1. The van der Waals surface area contributed by atoms with Crippen LogP contribution in [0, 0.1) is 23.2 Å². The van der Waals surface area contributed by atoms with Crippen LogP contribution in [0.1, 0.15) is 62.9 Å². The molecule has 1 aromatic heterocycles. The molecular formula is C30H36N4O6. The van der Waals surface area contributed by atoms with Crippen LogP contribution in [0.25, 0.3) is 10.9 Å². The summed E-state index contributed by atoms with van der Waals surface area (Å²) < 4.78 is 5.43. The number of piperidine rings is 1. The molecule has 1 aromatic carbocycles. The number of carbonyl (C=O) groups is 5. The lowest BCUT2D eigenvalue weighted by molar-refractivity contribution is -0.141. The van der Waals surface area contributed by atoms with Crippen LogP contribution in [0.3, 0.4) is 0 Å². The maximum Gasteiger partial charge on any atom is 0.289 e. The first kappa shape index (κ1) is 26.5. The second-order valence-corrected chi connectivity index (χ2v) is 12.4. The number of ketones is 2. The smallest absolute Gasteiger partial charge is 0.289 e. The van der Waals surface area contributed by atoms with Crippen molar-refractivity contribution >= 4 is 40.2 Å². The van der Waals surface area contributed by atoms with Gasteiger partial charge in [0.2, 0.25) is 11.7 Å². The van der Waals surface area contributed by atoms with Crippen molar-refractivity contribution in [3.63, 3.8) is 0 Å². The van der Waals surface area contributed by atoms with Crippen molar-refractivity contribution in [2.24, 2.45) is 23.2 Å². The van der Waals surface area contributed by atoms with E-state index in [2.05, 4.69) is 29.5 Å². The molecule has 212 valence electrons. The molecule has 1 saturated heterocycles. The van der Waals surface area contributed by atoms with Gasteiger partial charge in [0.15, 0.2) is 0 Å². The van der Waals surface area contributed by atoms with Gasteiger partial charge in [0, 0.05) is 35.8 Å². The molecule has 2 heterocycles. The largest absolute Gasteiger partial charge is 0.496 e. The number of hydrogen-bond donors (Lipinski definition) is 3. The van der Waals surface area contributed by atoms with E-state index in [1.165, 1.54) is 0 Å². The molecule has 0 spiro atoms. The van der Waals surface area contributed by atoms with Crippen LogP contribution in [-0.2, 0) is 19.2 Å². The summed E-state index contributed by atoms with van der Waals surface area (Å²) in [5, 5.41) is 6.31. The average molecular weight is 549 g/mol. The molecule has 3 saturated carbocycles. The molecule has 3 amide bonds. The van der Waals surface area contributed by atoms with Gasteiger partial charge in [-0.1, -0.05) is 19.9 Å². The second kappa shape index (κ2) is 9.74. The quantitative estimate of drug-likeness (QED) is 0.412. The zero-order valence-corrected chi connectivity index (χ0v) is 23.1. The van der Waals surface area contributed by atoms with Gasteiger partial charge in [0.1, 0.15) is 23.3 Å². The highest BCUT2D eigenvalue weighted by Gasteiger charge is 2.69. The molecule has 10 heteroatoms. The van der Waals surface area contributed by atoms with Crippen LogP contribution in [0.4, 0.5) is 0 Å². The molecular weight excluding hydrogens is 512 g/mol. The second-order valence-electron chi connectivity index (χ2n) is 12.4. The molecule has 40 heavy (non-hydrogen) atoms. The van der Waals surface area contributed by atoms with Gasteiger partial charge < -0.3 is 25.3 Å². The number of fused-ring (bicyclic) bond motifs is 2. The van der Waals surface area contributed by atoms with Crippen LogP contribution in [0.5, 0.6) is 5.75 Å². The highest BCUT2D eigenvalue weighted by molar-refractivity contribution is 6.38. The van der Waals surface area contributed by atoms with Gasteiger partial charge in [-0.25, -0.2) is 0 Å². The Hall–Kier alpha value is -3.69. The Morgan fingerprint density at radius 1 is 1.18 bits per heavy atom. The summed E-state index contributed by atoms with van der Waals surface area (Å²) in [7, 11) is 1.57. The lowest BCUT2D eigenvalue weighted by atomic mass is 9.93. The Balaban J connectivity index is 1.25. The molecule has 6 rings (SSSR count). The van der Waals surface area contributed by atoms with Gasteiger partial charge >= 0.3 is 0 Å². The van der Waals surface area contributed by atoms with Crippen molar-refractivity contribution in [1.29, 1.82) is 0 Å². The fraction of sp³-hybridized carbons (Fsp3) is 0.567. The van der Waals surface area contributed by atoms with E-state index in [9.17, 15) is 24.0 Å². The third-order valence-corrected chi connectivity index (χ3v) is 9.53. The molecule has 3 N–H and O–H groups in total. The predicted octanol–water partition coefficient (Wildman–Crippen LogP) is 2.36. The normalized spacial score (nSPS) is 27.3. The van der Waals surface area contributed by atoms with Crippen molar-refractivity contribution in [3.8, 4) is 5.75 Å². The van der Waals surface area contributed by atoms with Gasteiger partial charge in [0.05, 0.1) is 13.2 Å². The average Bonchev–Trinajstić information content (AvgIpc) is 3.56. The van der Waals surface area contributed by atoms with Crippen molar-refractivity contribution in [2.45, 2.75) is 70.5 Å². The number of likely N-dealkylation sites (tertiary alicyclic amines) is 1. The SMILES string of the molecule is COc1cccc2[nH]c(C(=O)N3C[C@H]4[C@@H]([C@H]3C(=O)N[C@@H](C[C@@H]3CCCC3=O)C(=O)C(=O)NC3CC3)C4(C)C)cc12. The van der Waals surface area contributed by atoms with Gasteiger partial charge in [-0.3, -0.25) is 24.0 Å². The van der Waals surface area contributed by atoms with E-state index < -0.39 is 29.7 Å². The number of methoxy groups -OCH3 is 1.